The molecule has 24 heavy (non-hydrogen) atoms. The van der Waals surface area contributed by atoms with Crippen molar-refractivity contribution in [1.29, 1.82) is 0 Å². The third-order valence-corrected chi connectivity index (χ3v) is 3.65. The lowest BCUT2D eigenvalue weighted by atomic mass is 9.92. The van der Waals surface area contributed by atoms with E-state index in [1.54, 1.807) is 13.0 Å². The largest absolute Gasteiger partial charge is 0.481 e. The highest BCUT2D eigenvalue weighted by Gasteiger charge is 2.24. The monoisotopic (exact) mass is 326 g/mol. The van der Waals surface area contributed by atoms with Crippen LogP contribution in [0, 0.1) is 12.7 Å². The molecule has 1 heterocycles. The normalized spacial score (nSPS) is 12.1. The molecule has 0 aliphatic heterocycles. The number of halogens is 1. The summed E-state index contributed by atoms with van der Waals surface area (Å²) in [6.07, 6.45) is -0.265. The standard InChI is InChI=1S/C18H15FN2O3/c1-11-20-21-18(24-11)16(10-17(22)23)14-7-13(8-15(19)9-14)12-5-3-2-4-6-12/h2-9,16H,10H2,1H3,(H,22,23). The summed E-state index contributed by atoms with van der Waals surface area (Å²) in [4.78, 5) is 11.2. The van der Waals surface area contributed by atoms with Gasteiger partial charge >= 0.3 is 5.97 Å². The summed E-state index contributed by atoms with van der Waals surface area (Å²) in [7, 11) is 0. The molecule has 122 valence electrons. The van der Waals surface area contributed by atoms with E-state index in [1.807, 2.05) is 30.3 Å². The number of hydrogen-bond acceptors (Lipinski definition) is 4. The maximum atomic E-state index is 14.1. The molecule has 1 N–H and O–H groups in total. The second-order valence-electron chi connectivity index (χ2n) is 5.45. The number of nitrogens with zero attached hydrogens (tertiary/aromatic N) is 2. The van der Waals surface area contributed by atoms with Crippen molar-refractivity contribution in [3.05, 3.63) is 71.7 Å². The Hall–Kier alpha value is -3.02. The van der Waals surface area contributed by atoms with E-state index in [0.29, 0.717) is 17.0 Å². The first-order chi connectivity index (χ1) is 11.5. The molecule has 6 heteroatoms. The summed E-state index contributed by atoms with van der Waals surface area (Å²) in [6.45, 7) is 1.62. The van der Waals surface area contributed by atoms with Crippen LogP contribution < -0.4 is 0 Å². The zero-order chi connectivity index (χ0) is 17.1. The highest BCUT2D eigenvalue weighted by Crippen LogP contribution is 2.31. The molecule has 0 saturated carbocycles. The molecule has 2 aromatic carbocycles. The Morgan fingerprint density at radius 1 is 1.17 bits per heavy atom. The van der Waals surface area contributed by atoms with Crippen molar-refractivity contribution in [2.75, 3.05) is 0 Å². The molecule has 5 nitrogen and oxygen atoms in total. The lowest BCUT2D eigenvalue weighted by molar-refractivity contribution is -0.137. The molecular weight excluding hydrogens is 311 g/mol. The number of rotatable bonds is 5. The van der Waals surface area contributed by atoms with Crippen LogP contribution in [0.2, 0.25) is 0 Å². The number of carbonyl (C=O) groups is 1. The molecule has 0 aliphatic carbocycles. The molecule has 3 rings (SSSR count). The molecule has 0 amide bonds. The SMILES string of the molecule is Cc1nnc(C(CC(=O)O)c2cc(F)cc(-c3ccccc3)c2)o1. The van der Waals surface area contributed by atoms with Crippen LogP contribution in [0.25, 0.3) is 11.1 Å². The van der Waals surface area contributed by atoms with Gasteiger partial charge in [-0.2, -0.15) is 0 Å². The van der Waals surface area contributed by atoms with Crippen molar-refractivity contribution in [1.82, 2.24) is 10.2 Å². The summed E-state index contributed by atoms with van der Waals surface area (Å²) in [5.41, 5.74) is 1.99. The van der Waals surface area contributed by atoms with Gasteiger partial charge in [0.15, 0.2) is 0 Å². The number of carboxylic acids is 1. The zero-order valence-corrected chi connectivity index (χ0v) is 12.9. The highest BCUT2D eigenvalue weighted by atomic mass is 19.1. The van der Waals surface area contributed by atoms with Gasteiger partial charge in [0.05, 0.1) is 12.3 Å². The number of aryl methyl sites for hydroxylation is 1. The fourth-order valence-corrected chi connectivity index (χ4v) is 2.59. The van der Waals surface area contributed by atoms with Crippen molar-refractivity contribution in [3.8, 4) is 11.1 Å². The first-order valence-corrected chi connectivity index (χ1v) is 7.40. The van der Waals surface area contributed by atoms with Crippen LogP contribution in [0.5, 0.6) is 0 Å². The Kier molecular flexibility index (Phi) is 4.37. The summed E-state index contributed by atoms with van der Waals surface area (Å²) in [5.74, 6) is -1.68. The number of hydrogen-bond donors (Lipinski definition) is 1. The third kappa shape index (κ3) is 3.48. The van der Waals surface area contributed by atoms with E-state index < -0.39 is 17.7 Å². The second-order valence-corrected chi connectivity index (χ2v) is 5.45. The van der Waals surface area contributed by atoms with Crippen LogP contribution in [0.1, 0.15) is 29.7 Å². The summed E-state index contributed by atoms with van der Waals surface area (Å²) in [6, 6.07) is 13.8. The van der Waals surface area contributed by atoms with Crippen LogP contribution in [0.4, 0.5) is 4.39 Å². The van der Waals surface area contributed by atoms with Crippen molar-refractivity contribution >= 4 is 5.97 Å². The van der Waals surface area contributed by atoms with Gasteiger partial charge < -0.3 is 9.52 Å². The molecule has 0 spiro atoms. The molecular formula is C18H15FN2O3. The highest BCUT2D eigenvalue weighted by molar-refractivity contribution is 5.69. The minimum atomic E-state index is -1.03. The van der Waals surface area contributed by atoms with Gasteiger partial charge in [0, 0.05) is 6.92 Å². The molecule has 0 aliphatic rings. The third-order valence-electron chi connectivity index (χ3n) is 3.65. The summed E-state index contributed by atoms with van der Waals surface area (Å²) >= 11 is 0. The lowest BCUT2D eigenvalue weighted by Crippen LogP contribution is -2.09. The maximum absolute atomic E-state index is 14.1. The van der Waals surface area contributed by atoms with Crippen molar-refractivity contribution < 1.29 is 18.7 Å². The lowest BCUT2D eigenvalue weighted by Gasteiger charge is -2.13. The average molecular weight is 326 g/mol. The number of benzene rings is 2. The molecule has 0 radical (unpaired) electrons. The number of aliphatic carboxylic acids is 1. The van der Waals surface area contributed by atoms with E-state index in [9.17, 15) is 14.3 Å². The first-order valence-electron chi connectivity index (χ1n) is 7.40. The van der Waals surface area contributed by atoms with Crippen LogP contribution >= 0.6 is 0 Å². The minimum Gasteiger partial charge on any atom is -0.481 e. The quantitative estimate of drug-likeness (QED) is 0.772. The number of carboxylic acid groups (broad SMARTS) is 1. The molecule has 0 bridgehead atoms. The smallest absolute Gasteiger partial charge is 0.304 e. The Labute approximate surface area is 137 Å². The second kappa shape index (κ2) is 6.62. The Morgan fingerprint density at radius 3 is 2.54 bits per heavy atom. The van der Waals surface area contributed by atoms with Crippen LogP contribution in [0.3, 0.4) is 0 Å². The minimum absolute atomic E-state index is 0.166. The van der Waals surface area contributed by atoms with E-state index >= 15 is 0 Å². The van der Waals surface area contributed by atoms with E-state index in [1.165, 1.54) is 12.1 Å². The van der Waals surface area contributed by atoms with Gasteiger partial charge in [-0.3, -0.25) is 4.79 Å². The Bertz CT molecular complexity index is 862. The zero-order valence-electron chi connectivity index (χ0n) is 12.9. The van der Waals surface area contributed by atoms with Gasteiger partial charge in [0.1, 0.15) is 5.82 Å². The number of aromatic nitrogens is 2. The van der Waals surface area contributed by atoms with Gasteiger partial charge in [-0.05, 0) is 28.8 Å². The summed E-state index contributed by atoms with van der Waals surface area (Å²) in [5, 5.41) is 16.8. The first kappa shape index (κ1) is 15.9. The molecule has 1 atom stereocenters. The van der Waals surface area contributed by atoms with E-state index in [-0.39, 0.29) is 12.3 Å². The van der Waals surface area contributed by atoms with Gasteiger partial charge in [0.25, 0.3) is 0 Å². The fourth-order valence-electron chi connectivity index (χ4n) is 2.59. The van der Waals surface area contributed by atoms with Crippen molar-refractivity contribution in [3.63, 3.8) is 0 Å². The van der Waals surface area contributed by atoms with Gasteiger partial charge in [-0.1, -0.05) is 36.4 Å². The Balaban J connectivity index is 2.07. The molecule has 1 aromatic heterocycles. The molecule has 3 aromatic rings. The molecule has 0 fully saturated rings. The van der Waals surface area contributed by atoms with E-state index in [0.717, 1.165) is 5.56 Å². The molecule has 0 saturated heterocycles. The van der Waals surface area contributed by atoms with Gasteiger partial charge in [0.2, 0.25) is 11.8 Å². The average Bonchev–Trinajstić information content (AvgIpc) is 2.99. The van der Waals surface area contributed by atoms with Crippen LogP contribution in [0.15, 0.2) is 52.9 Å². The molecule has 1 unspecified atom stereocenters. The van der Waals surface area contributed by atoms with Crippen LogP contribution in [-0.2, 0) is 4.79 Å². The Morgan fingerprint density at radius 2 is 1.92 bits per heavy atom. The van der Waals surface area contributed by atoms with Crippen molar-refractivity contribution in [2.24, 2.45) is 0 Å². The fraction of sp³-hybridized carbons (Fsp3) is 0.167. The predicted octanol–water partition coefficient (Wildman–Crippen LogP) is 3.79. The van der Waals surface area contributed by atoms with Crippen LogP contribution in [-0.4, -0.2) is 21.3 Å². The summed E-state index contributed by atoms with van der Waals surface area (Å²) < 4.78 is 19.5. The maximum Gasteiger partial charge on any atom is 0.304 e. The van der Waals surface area contributed by atoms with E-state index in [2.05, 4.69) is 10.2 Å². The van der Waals surface area contributed by atoms with Gasteiger partial charge in [-0.15, -0.1) is 10.2 Å². The van der Waals surface area contributed by atoms with E-state index in [4.69, 9.17) is 4.42 Å². The van der Waals surface area contributed by atoms with Gasteiger partial charge in [-0.25, -0.2) is 4.39 Å². The predicted molar refractivity (Wildman–Crippen MR) is 85.0 cm³/mol. The topological polar surface area (TPSA) is 76.2 Å². The van der Waals surface area contributed by atoms with Crippen molar-refractivity contribution in [2.45, 2.75) is 19.3 Å².